The zero-order valence-corrected chi connectivity index (χ0v) is 13.9. The number of fused-ring (bicyclic) bond motifs is 1. The van der Waals surface area contributed by atoms with Crippen molar-refractivity contribution in [3.05, 3.63) is 15.9 Å². The molecule has 0 saturated carbocycles. The van der Waals surface area contributed by atoms with Crippen LogP contribution in [0.25, 0.3) is 10.2 Å². The molecule has 114 valence electrons. The summed E-state index contributed by atoms with van der Waals surface area (Å²) in [6.45, 7) is 6.77. The zero-order valence-electron chi connectivity index (χ0n) is 12.4. The topological polar surface area (TPSA) is 56.5 Å². The quantitative estimate of drug-likeness (QED) is 0.845. The average Bonchev–Trinajstić information content (AvgIpc) is 2.79. The minimum atomic E-state index is -0.254. The van der Waals surface area contributed by atoms with Gasteiger partial charge in [0.05, 0.1) is 16.3 Å². The molecular formula is C14H18ClN3O2S. The van der Waals surface area contributed by atoms with E-state index in [0.29, 0.717) is 29.0 Å². The fourth-order valence-corrected chi connectivity index (χ4v) is 3.05. The molecule has 0 fully saturated rings. The van der Waals surface area contributed by atoms with Crippen molar-refractivity contribution in [1.82, 2.24) is 9.55 Å². The molecule has 2 heterocycles. The Morgan fingerprint density at radius 2 is 2.24 bits per heavy atom. The van der Waals surface area contributed by atoms with Crippen molar-refractivity contribution in [3.63, 3.8) is 0 Å². The highest BCUT2D eigenvalue weighted by molar-refractivity contribution is 7.22. The van der Waals surface area contributed by atoms with E-state index in [2.05, 4.69) is 16.9 Å². The minimum Gasteiger partial charge on any atom is -0.465 e. The summed E-state index contributed by atoms with van der Waals surface area (Å²) in [6, 6.07) is 2.29. The Balaban J connectivity index is 2.76. The summed E-state index contributed by atoms with van der Waals surface area (Å²) in [7, 11) is 0. The molecule has 2 aromatic rings. The number of aromatic nitrogens is 2. The number of halogens is 1. The number of amides is 1. The van der Waals surface area contributed by atoms with Crippen LogP contribution in [-0.4, -0.2) is 22.1 Å². The maximum atomic E-state index is 11.5. The second kappa shape index (κ2) is 7.04. The molecule has 2 aromatic heterocycles. The highest BCUT2D eigenvalue weighted by atomic mass is 35.5. The summed E-state index contributed by atoms with van der Waals surface area (Å²) in [5.74, 6) is -0.254. The predicted octanol–water partition coefficient (Wildman–Crippen LogP) is 3.40. The van der Waals surface area contributed by atoms with Crippen molar-refractivity contribution in [1.29, 1.82) is 0 Å². The number of rotatable bonds is 5. The van der Waals surface area contributed by atoms with Crippen molar-refractivity contribution < 1.29 is 9.53 Å². The normalized spacial score (nSPS) is 12.1. The van der Waals surface area contributed by atoms with E-state index in [1.54, 1.807) is 6.07 Å². The minimum absolute atomic E-state index is 0.254. The third kappa shape index (κ3) is 3.63. The van der Waals surface area contributed by atoms with Crippen LogP contribution in [0.2, 0.25) is 4.34 Å². The van der Waals surface area contributed by atoms with Gasteiger partial charge in [0.1, 0.15) is 4.83 Å². The molecule has 0 bridgehead atoms. The van der Waals surface area contributed by atoms with Crippen LogP contribution < -0.4 is 10.2 Å². The summed E-state index contributed by atoms with van der Waals surface area (Å²) in [6.07, 6.45) is 1.77. The molecule has 2 rings (SSSR count). The molecular weight excluding hydrogens is 310 g/mol. The highest BCUT2D eigenvalue weighted by Crippen LogP contribution is 2.27. The Morgan fingerprint density at radius 1 is 1.48 bits per heavy atom. The van der Waals surface area contributed by atoms with Crippen LogP contribution in [0.3, 0.4) is 0 Å². The lowest BCUT2D eigenvalue weighted by Gasteiger charge is -2.13. The van der Waals surface area contributed by atoms with Crippen molar-refractivity contribution in [2.45, 2.75) is 40.2 Å². The molecule has 0 aliphatic rings. The molecule has 0 unspecified atom stereocenters. The first-order chi connectivity index (χ1) is 10.1. The summed E-state index contributed by atoms with van der Waals surface area (Å²) >= 11 is 7.44. The summed E-state index contributed by atoms with van der Waals surface area (Å²) < 4.78 is 8.19. The molecule has 0 aromatic carbocycles. The molecule has 0 saturated heterocycles. The van der Waals surface area contributed by atoms with Gasteiger partial charge in [-0.3, -0.25) is 9.36 Å². The number of carbonyl (C=O) groups is 1. The lowest BCUT2D eigenvalue weighted by atomic mass is 10.4. The van der Waals surface area contributed by atoms with Gasteiger partial charge in [-0.25, -0.2) is 0 Å². The number of thiophene rings is 1. The second-order valence-electron chi connectivity index (χ2n) is 4.62. The number of hydrogen-bond acceptors (Lipinski definition) is 4. The summed E-state index contributed by atoms with van der Waals surface area (Å²) in [4.78, 5) is 20.9. The average molecular weight is 328 g/mol. The lowest BCUT2D eigenvalue weighted by molar-refractivity contribution is -0.116. The largest absolute Gasteiger partial charge is 0.465 e. The molecule has 21 heavy (non-hydrogen) atoms. The van der Waals surface area contributed by atoms with Gasteiger partial charge in [-0.1, -0.05) is 25.4 Å². The third-order valence-electron chi connectivity index (χ3n) is 2.75. The van der Waals surface area contributed by atoms with E-state index < -0.39 is 0 Å². The van der Waals surface area contributed by atoms with Crippen LogP contribution in [0.1, 0.15) is 33.6 Å². The number of carbonyl (C=O) groups excluding carboxylic acids is 1. The molecule has 0 radical (unpaired) electrons. The first-order valence-electron chi connectivity index (χ1n) is 6.94. The van der Waals surface area contributed by atoms with E-state index in [4.69, 9.17) is 16.3 Å². The van der Waals surface area contributed by atoms with Gasteiger partial charge < -0.3 is 4.74 Å². The first-order valence-corrected chi connectivity index (χ1v) is 8.14. The highest BCUT2D eigenvalue weighted by Gasteiger charge is 2.13. The van der Waals surface area contributed by atoms with Crippen LogP contribution in [0.5, 0.6) is 6.01 Å². The van der Waals surface area contributed by atoms with Crippen molar-refractivity contribution in [3.8, 4) is 6.01 Å². The molecule has 0 aliphatic heterocycles. The van der Waals surface area contributed by atoms with Crippen LogP contribution in [0.15, 0.2) is 11.1 Å². The van der Waals surface area contributed by atoms with Gasteiger partial charge in [-0.15, -0.1) is 11.3 Å². The molecule has 0 N–H and O–H groups in total. The number of ether oxygens (including phenoxy) is 1. The Kier molecular flexibility index (Phi) is 5.36. The van der Waals surface area contributed by atoms with Gasteiger partial charge in [0.25, 0.3) is 6.01 Å². The Labute approximate surface area is 132 Å². The summed E-state index contributed by atoms with van der Waals surface area (Å²) in [5.41, 5.74) is 0.573. The fourth-order valence-electron chi connectivity index (χ4n) is 1.98. The van der Waals surface area contributed by atoms with Crippen LogP contribution >= 0.6 is 22.9 Å². The maximum Gasteiger partial charge on any atom is 0.299 e. The van der Waals surface area contributed by atoms with Gasteiger partial charge in [-0.2, -0.15) is 9.98 Å². The van der Waals surface area contributed by atoms with Crippen LogP contribution in [0, 0.1) is 0 Å². The SMILES string of the molecule is CCCOc1nc2sc(Cl)cc2/c(=N\C(C)=O)n1CCC. The monoisotopic (exact) mass is 327 g/mol. The molecule has 7 heteroatoms. The predicted molar refractivity (Wildman–Crippen MR) is 84.9 cm³/mol. The van der Waals surface area contributed by atoms with Crippen LogP contribution in [-0.2, 0) is 11.3 Å². The Hall–Kier alpha value is -1.40. The van der Waals surface area contributed by atoms with E-state index in [9.17, 15) is 4.79 Å². The molecule has 0 atom stereocenters. The van der Waals surface area contributed by atoms with E-state index in [1.165, 1.54) is 18.3 Å². The van der Waals surface area contributed by atoms with Gasteiger partial charge in [0.15, 0.2) is 5.49 Å². The molecule has 1 amide bonds. The fraction of sp³-hybridized carbons (Fsp3) is 0.500. The van der Waals surface area contributed by atoms with E-state index in [-0.39, 0.29) is 5.91 Å². The molecule has 0 aliphatic carbocycles. The van der Waals surface area contributed by atoms with E-state index >= 15 is 0 Å². The van der Waals surface area contributed by atoms with Crippen molar-refractivity contribution in [2.24, 2.45) is 4.99 Å². The van der Waals surface area contributed by atoms with Gasteiger partial charge in [0, 0.05) is 13.5 Å². The Morgan fingerprint density at radius 3 is 2.86 bits per heavy atom. The van der Waals surface area contributed by atoms with Crippen molar-refractivity contribution >= 4 is 39.1 Å². The maximum absolute atomic E-state index is 11.5. The van der Waals surface area contributed by atoms with Gasteiger partial charge in [-0.05, 0) is 18.9 Å². The first kappa shape index (κ1) is 16.0. The second-order valence-corrected chi connectivity index (χ2v) is 6.28. The smallest absolute Gasteiger partial charge is 0.299 e. The van der Waals surface area contributed by atoms with Crippen LogP contribution in [0.4, 0.5) is 0 Å². The van der Waals surface area contributed by atoms with Crippen molar-refractivity contribution in [2.75, 3.05) is 6.61 Å². The third-order valence-corrected chi connectivity index (χ3v) is 3.91. The number of nitrogens with zero attached hydrogens (tertiary/aromatic N) is 3. The Bertz CT molecular complexity index is 721. The lowest BCUT2D eigenvalue weighted by Crippen LogP contribution is -2.25. The summed E-state index contributed by atoms with van der Waals surface area (Å²) in [5, 5.41) is 0.789. The van der Waals surface area contributed by atoms with E-state index in [0.717, 1.165) is 23.1 Å². The van der Waals surface area contributed by atoms with Gasteiger partial charge >= 0.3 is 0 Å². The standard InChI is InChI=1S/C14H18ClN3O2S/c1-4-6-18-12(16-9(3)19)10-8-11(15)21-13(10)17-14(18)20-7-5-2/h8H,4-7H2,1-3H3/b16-12+. The van der Waals surface area contributed by atoms with E-state index in [1.807, 2.05) is 11.5 Å². The molecule has 5 nitrogen and oxygen atoms in total. The number of hydrogen-bond donors (Lipinski definition) is 0. The van der Waals surface area contributed by atoms with Gasteiger partial charge in [0.2, 0.25) is 5.91 Å². The molecule has 0 spiro atoms. The zero-order chi connectivity index (χ0) is 15.4.